The van der Waals surface area contributed by atoms with Gasteiger partial charge >= 0.3 is 5.97 Å². The first-order chi connectivity index (χ1) is 7.04. The van der Waals surface area contributed by atoms with E-state index < -0.39 is 23.7 Å². The molecule has 82 valence electrons. The highest BCUT2D eigenvalue weighted by molar-refractivity contribution is 5.74. The Bertz CT molecular complexity index is 366. The Morgan fingerprint density at radius 1 is 1.47 bits per heavy atom. The average Bonchev–Trinajstić information content (AvgIpc) is 2.22. The van der Waals surface area contributed by atoms with Crippen LogP contribution in [0.3, 0.4) is 0 Å². The van der Waals surface area contributed by atoms with Gasteiger partial charge in [0, 0.05) is 6.42 Å². The van der Waals surface area contributed by atoms with Crippen LogP contribution in [0.5, 0.6) is 0 Å². The lowest BCUT2D eigenvalue weighted by Gasteiger charge is -2.08. The molecule has 0 heterocycles. The van der Waals surface area contributed by atoms with E-state index in [9.17, 15) is 18.7 Å². The van der Waals surface area contributed by atoms with E-state index >= 15 is 0 Å². The predicted molar refractivity (Wildman–Crippen MR) is 48.1 cm³/mol. The molecule has 0 fully saturated rings. The van der Waals surface area contributed by atoms with Gasteiger partial charge < -0.3 is 9.84 Å². The quantitative estimate of drug-likeness (QED) is 0.768. The third kappa shape index (κ3) is 2.99. The highest BCUT2D eigenvalue weighted by Gasteiger charge is 2.16. The second-order valence-corrected chi connectivity index (χ2v) is 2.99. The first-order valence-electron chi connectivity index (χ1n) is 4.24. The Morgan fingerprint density at radius 3 is 2.67 bits per heavy atom. The predicted octanol–water partition coefficient (Wildman–Crippen LogP) is 1.04. The zero-order valence-electron chi connectivity index (χ0n) is 8.04. The molecule has 0 aliphatic heterocycles. The maximum absolute atomic E-state index is 12.7. The van der Waals surface area contributed by atoms with Gasteiger partial charge in [0.15, 0.2) is 17.7 Å². The lowest BCUT2D eigenvalue weighted by Crippen LogP contribution is -2.24. The first kappa shape index (κ1) is 11.6. The number of ether oxygens (including phenoxy) is 1. The molecule has 0 radical (unpaired) electrons. The van der Waals surface area contributed by atoms with E-state index in [0.717, 1.165) is 19.2 Å². The van der Waals surface area contributed by atoms with Gasteiger partial charge in [0.1, 0.15) is 0 Å². The molecule has 0 bridgehead atoms. The Morgan fingerprint density at radius 2 is 2.13 bits per heavy atom. The van der Waals surface area contributed by atoms with Crippen LogP contribution in [0.1, 0.15) is 5.56 Å². The van der Waals surface area contributed by atoms with Gasteiger partial charge in [-0.3, -0.25) is 0 Å². The van der Waals surface area contributed by atoms with E-state index in [4.69, 9.17) is 0 Å². The van der Waals surface area contributed by atoms with Crippen molar-refractivity contribution in [2.24, 2.45) is 0 Å². The van der Waals surface area contributed by atoms with E-state index in [2.05, 4.69) is 4.74 Å². The molecule has 1 aromatic rings. The fourth-order valence-electron chi connectivity index (χ4n) is 1.11. The minimum atomic E-state index is -1.36. The molecule has 3 nitrogen and oxygen atoms in total. The maximum Gasteiger partial charge on any atom is 0.335 e. The number of halogens is 2. The molecule has 1 atom stereocenters. The molecule has 0 aromatic heterocycles. The standard InChI is InChI=1S/C10H10F2O3/c1-15-10(14)9(13)5-6-2-3-7(11)8(12)4-6/h2-4,9,13H,5H2,1H3/t9-/m1/s1. The SMILES string of the molecule is COC(=O)[C@H](O)Cc1ccc(F)c(F)c1. The van der Waals surface area contributed by atoms with Crippen molar-refractivity contribution in [3.05, 3.63) is 35.4 Å². The van der Waals surface area contributed by atoms with E-state index in [1.807, 2.05) is 0 Å². The minimum absolute atomic E-state index is 0.107. The van der Waals surface area contributed by atoms with Crippen molar-refractivity contribution < 1.29 is 23.4 Å². The zero-order valence-corrected chi connectivity index (χ0v) is 8.04. The summed E-state index contributed by atoms with van der Waals surface area (Å²) in [4.78, 5) is 10.8. The van der Waals surface area contributed by atoms with Gasteiger partial charge in [0.05, 0.1) is 7.11 Å². The van der Waals surface area contributed by atoms with E-state index in [1.54, 1.807) is 0 Å². The van der Waals surface area contributed by atoms with Crippen molar-refractivity contribution >= 4 is 5.97 Å². The molecular formula is C10H10F2O3. The first-order valence-corrected chi connectivity index (χ1v) is 4.24. The minimum Gasteiger partial charge on any atom is -0.467 e. The highest BCUT2D eigenvalue weighted by Crippen LogP contribution is 2.10. The molecule has 0 unspecified atom stereocenters. The van der Waals surface area contributed by atoms with E-state index in [1.165, 1.54) is 6.07 Å². The van der Waals surface area contributed by atoms with Crippen LogP contribution < -0.4 is 0 Å². The summed E-state index contributed by atoms with van der Waals surface area (Å²) in [6.45, 7) is 0. The number of aliphatic hydroxyl groups is 1. The van der Waals surface area contributed by atoms with Gasteiger partial charge in [0.25, 0.3) is 0 Å². The number of carbonyl (C=O) groups is 1. The van der Waals surface area contributed by atoms with Gasteiger partial charge in [-0.25, -0.2) is 13.6 Å². The van der Waals surface area contributed by atoms with Crippen LogP contribution in [0.2, 0.25) is 0 Å². The molecule has 0 saturated carbocycles. The Kier molecular flexibility index (Phi) is 3.74. The summed E-state index contributed by atoms with van der Waals surface area (Å²) in [6, 6.07) is 3.17. The van der Waals surface area contributed by atoms with Crippen molar-refractivity contribution in [1.29, 1.82) is 0 Å². The summed E-state index contributed by atoms with van der Waals surface area (Å²) >= 11 is 0. The number of aliphatic hydroxyl groups excluding tert-OH is 1. The molecule has 1 rings (SSSR count). The van der Waals surface area contributed by atoms with Crippen molar-refractivity contribution in [3.8, 4) is 0 Å². The second-order valence-electron chi connectivity index (χ2n) is 2.99. The zero-order chi connectivity index (χ0) is 11.4. The van der Waals surface area contributed by atoms with Crippen molar-refractivity contribution in [2.75, 3.05) is 7.11 Å². The van der Waals surface area contributed by atoms with Gasteiger partial charge in [-0.2, -0.15) is 0 Å². The lowest BCUT2D eigenvalue weighted by molar-refractivity contribution is -0.150. The lowest BCUT2D eigenvalue weighted by atomic mass is 10.1. The van der Waals surface area contributed by atoms with Crippen molar-refractivity contribution in [2.45, 2.75) is 12.5 Å². The van der Waals surface area contributed by atoms with Gasteiger partial charge in [-0.1, -0.05) is 6.07 Å². The third-order valence-corrected chi connectivity index (χ3v) is 1.89. The topological polar surface area (TPSA) is 46.5 Å². The van der Waals surface area contributed by atoms with Gasteiger partial charge in [-0.05, 0) is 17.7 Å². The normalized spacial score (nSPS) is 12.3. The van der Waals surface area contributed by atoms with Gasteiger partial charge in [0.2, 0.25) is 0 Å². The fourth-order valence-corrected chi connectivity index (χ4v) is 1.11. The Labute approximate surface area is 85.3 Å². The molecule has 0 aliphatic carbocycles. The number of hydrogen-bond donors (Lipinski definition) is 1. The molecule has 5 heteroatoms. The summed E-state index contributed by atoms with van der Waals surface area (Å²) in [5.41, 5.74) is 0.326. The molecule has 1 N–H and O–H groups in total. The van der Waals surface area contributed by atoms with Crippen LogP contribution in [0, 0.1) is 11.6 Å². The van der Waals surface area contributed by atoms with Crippen LogP contribution in [0.4, 0.5) is 8.78 Å². The van der Waals surface area contributed by atoms with Gasteiger partial charge in [-0.15, -0.1) is 0 Å². The average molecular weight is 216 g/mol. The number of benzene rings is 1. The number of hydrogen-bond acceptors (Lipinski definition) is 3. The van der Waals surface area contributed by atoms with Crippen LogP contribution >= 0.6 is 0 Å². The summed E-state index contributed by atoms with van der Waals surface area (Å²) < 4.78 is 29.6. The van der Waals surface area contributed by atoms with E-state index in [0.29, 0.717) is 5.56 Å². The smallest absolute Gasteiger partial charge is 0.335 e. The number of esters is 1. The van der Waals surface area contributed by atoms with Crippen LogP contribution in [0.25, 0.3) is 0 Å². The monoisotopic (exact) mass is 216 g/mol. The molecule has 0 spiro atoms. The van der Waals surface area contributed by atoms with E-state index in [-0.39, 0.29) is 6.42 Å². The Balaban J connectivity index is 2.73. The molecule has 1 aromatic carbocycles. The van der Waals surface area contributed by atoms with Crippen molar-refractivity contribution in [1.82, 2.24) is 0 Å². The number of rotatable bonds is 3. The summed E-state index contributed by atoms with van der Waals surface area (Å²) in [7, 11) is 1.14. The van der Waals surface area contributed by atoms with Crippen LogP contribution in [-0.4, -0.2) is 24.3 Å². The molecule has 0 saturated heterocycles. The largest absolute Gasteiger partial charge is 0.467 e. The van der Waals surface area contributed by atoms with Crippen LogP contribution in [-0.2, 0) is 16.0 Å². The number of methoxy groups -OCH3 is 1. The maximum atomic E-state index is 12.7. The summed E-state index contributed by atoms with van der Waals surface area (Å²) in [5, 5.41) is 9.24. The van der Waals surface area contributed by atoms with Crippen molar-refractivity contribution in [3.63, 3.8) is 0 Å². The summed E-state index contributed by atoms with van der Waals surface area (Å²) in [5.74, 6) is -2.78. The molecule has 0 amide bonds. The summed E-state index contributed by atoms with van der Waals surface area (Å²) in [6.07, 6.45) is -1.47. The highest BCUT2D eigenvalue weighted by atomic mass is 19.2. The second kappa shape index (κ2) is 4.84. The molecular weight excluding hydrogens is 206 g/mol. The molecule has 15 heavy (non-hydrogen) atoms. The van der Waals surface area contributed by atoms with Crippen LogP contribution in [0.15, 0.2) is 18.2 Å². The Hall–Kier alpha value is -1.49. The third-order valence-electron chi connectivity index (χ3n) is 1.89. The molecule has 0 aliphatic rings. The number of carbonyl (C=O) groups excluding carboxylic acids is 1. The fraction of sp³-hybridized carbons (Fsp3) is 0.300.